The van der Waals surface area contributed by atoms with E-state index in [1.54, 1.807) is 43.3 Å². The molecule has 5 nitrogen and oxygen atoms in total. The summed E-state index contributed by atoms with van der Waals surface area (Å²) in [6.07, 6.45) is 4.50. The largest absolute Gasteiger partial charge is 0.349 e. The van der Waals surface area contributed by atoms with Gasteiger partial charge in [0.15, 0.2) is 0 Å². The van der Waals surface area contributed by atoms with Gasteiger partial charge in [-0.25, -0.2) is 0 Å². The Morgan fingerprint density at radius 1 is 1.00 bits per heavy atom. The van der Waals surface area contributed by atoms with Crippen LogP contribution in [0, 0.1) is 0 Å². The second-order valence-electron chi connectivity index (χ2n) is 8.96. The molecule has 2 aromatic rings. The van der Waals surface area contributed by atoms with Gasteiger partial charge in [-0.3, -0.25) is 9.59 Å². The van der Waals surface area contributed by atoms with E-state index in [1.165, 1.54) is 11.1 Å². The number of likely N-dealkylation sites (N-methyl/N-ethyl adjacent to an activating group) is 1. The molecule has 172 valence electrons. The number of carbonyl (C=O) groups excluding carboxylic acids is 2. The fraction of sp³-hybridized carbons (Fsp3) is 0.462. The van der Waals surface area contributed by atoms with Gasteiger partial charge in [-0.2, -0.15) is 0 Å². The first kappa shape index (κ1) is 24.3. The molecule has 0 unspecified atom stereocenters. The van der Waals surface area contributed by atoms with Gasteiger partial charge < -0.3 is 15.1 Å². The molecule has 1 saturated carbocycles. The maximum absolute atomic E-state index is 12.9. The Morgan fingerprint density at radius 3 is 2.25 bits per heavy atom. The van der Waals surface area contributed by atoms with Crippen molar-refractivity contribution in [2.45, 2.75) is 50.6 Å². The number of rotatable bonds is 7. The van der Waals surface area contributed by atoms with Crippen LogP contribution in [0.25, 0.3) is 0 Å². The fourth-order valence-corrected chi connectivity index (χ4v) is 4.71. The Labute approximate surface area is 196 Å². The van der Waals surface area contributed by atoms with Crippen molar-refractivity contribution in [2.24, 2.45) is 0 Å². The highest BCUT2D eigenvalue weighted by atomic mass is 35.5. The molecule has 2 amide bonds. The van der Waals surface area contributed by atoms with Crippen LogP contribution < -0.4 is 5.32 Å². The smallest absolute Gasteiger partial charge is 0.253 e. The minimum atomic E-state index is 0.0518. The number of nitrogens with one attached hydrogen (secondary N) is 1. The van der Waals surface area contributed by atoms with Crippen molar-refractivity contribution < 1.29 is 9.59 Å². The molecule has 32 heavy (non-hydrogen) atoms. The third-order valence-corrected chi connectivity index (χ3v) is 6.78. The van der Waals surface area contributed by atoms with Crippen LogP contribution in [0.3, 0.4) is 0 Å². The molecule has 0 saturated heterocycles. The molecule has 1 N–H and O–H groups in total. The van der Waals surface area contributed by atoms with Crippen LogP contribution in [0.1, 0.15) is 58.6 Å². The zero-order chi connectivity index (χ0) is 23.3. The zero-order valence-corrected chi connectivity index (χ0v) is 20.3. The van der Waals surface area contributed by atoms with Crippen molar-refractivity contribution in [3.05, 3.63) is 69.7 Å². The van der Waals surface area contributed by atoms with Crippen molar-refractivity contribution in [2.75, 3.05) is 28.2 Å². The van der Waals surface area contributed by atoms with E-state index in [0.29, 0.717) is 22.9 Å². The first-order valence-corrected chi connectivity index (χ1v) is 11.7. The van der Waals surface area contributed by atoms with Crippen molar-refractivity contribution in [1.82, 2.24) is 15.1 Å². The van der Waals surface area contributed by atoms with Crippen LogP contribution in [0.15, 0.2) is 42.5 Å². The fourth-order valence-electron chi connectivity index (χ4n) is 4.58. The summed E-state index contributed by atoms with van der Waals surface area (Å²) in [4.78, 5) is 28.5. The van der Waals surface area contributed by atoms with Crippen LogP contribution in [-0.2, 0) is 17.8 Å². The Kier molecular flexibility index (Phi) is 8.32. The van der Waals surface area contributed by atoms with E-state index < -0.39 is 0 Å². The van der Waals surface area contributed by atoms with E-state index >= 15 is 0 Å². The van der Waals surface area contributed by atoms with E-state index in [4.69, 9.17) is 11.6 Å². The van der Waals surface area contributed by atoms with Crippen LogP contribution in [-0.4, -0.2) is 55.8 Å². The van der Waals surface area contributed by atoms with Gasteiger partial charge in [0.2, 0.25) is 5.91 Å². The van der Waals surface area contributed by atoms with Crippen molar-refractivity contribution >= 4 is 23.4 Å². The summed E-state index contributed by atoms with van der Waals surface area (Å²) < 4.78 is 0. The van der Waals surface area contributed by atoms with Crippen LogP contribution in [0.5, 0.6) is 0 Å². The van der Waals surface area contributed by atoms with Gasteiger partial charge in [0, 0.05) is 44.3 Å². The minimum absolute atomic E-state index is 0.0518. The van der Waals surface area contributed by atoms with Gasteiger partial charge in [-0.1, -0.05) is 29.8 Å². The molecule has 0 heterocycles. The van der Waals surface area contributed by atoms with Crippen molar-refractivity contribution in [3.63, 3.8) is 0 Å². The first-order valence-electron chi connectivity index (χ1n) is 11.3. The minimum Gasteiger partial charge on any atom is -0.349 e. The lowest BCUT2D eigenvalue weighted by Crippen LogP contribution is -2.39. The number of carbonyl (C=O) groups is 2. The molecule has 0 spiro atoms. The maximum Gasteiger partial charge on any atom is 0.253 e. The maximum atomic E-state index is 12.9. The average Bonchev–Trinajstić information content (AvgIpc) is 2.79. The quantitative estimate of drug-likeness (QED) is 0.669. The molecule has 2 aromatic carbocycles. The number of halogens is 1. The average molecular weight is 456 g/mol. The van der Waals surface area contributed by atoms with Gasteiger partial charge in [0.1, 0.15) is 0 Å². The van der Waals surface area contributed by atoms with Gasteiger partial charge in [-0.05, 0) is 79.6 Å². The van der Waals surface area contributed by atoms with Gasteiger partial charge >= 0.3 is 0 Å². The SMILES string of the molecule is CNCc1cc(CC(=O)N(C)C)ccc1C1CCC(N(C)C(=O)c2ccc(Cl)cc2)CC1. The molecule has 1 fully saturated rings. The second-order valence-corrected chi connectivity index (χ2v) is 9.39. The Balaban J connectivity index is 1.66. The molecule has 3 rings (SSSR count). The van der Waals surface area contributed by atoms with Crippen LogP contribution in [0.4, 0.5) is 0 Å². The van der Waals surface area contributed by atoms with Gasteiger partial charge in [-0.15, -0.1) is 0 Å². The standard InChI is InChI=1S/C26H34ClN3O2/c1-28-17-21-15-18(16-25(31)29(2)3)5-14-24(21)19-8-12-23(13-9-19)30(4)26(32)20-6-10-22(27)11-7-20/h5-7,10-11,14-15,19,23,28H,8-9,12-13,16-17H2,1-4H3. The van der Waals surface area contributed by atoms with E-state index in [0.717, 1.165) is 37.8 Å². The summed E-state index contributed by atoms with van der Waals surface area (Å²) in [5.74, 6) is 0.644. The Morgan fingerprint density at radius 2 is 1.66 bits per heavy atom. The molecular weight excluding hydrogens is 422 g/mol. The molecule has 1 aliphatic rings. The second kappa shape index (κ2) is 11.0. The molecule has 0 radical (unpaired) electrons. The lowest BCUT2D eigenvalue weighted by atomic mass is 9.79. The lowest BCUT2D eigenvalue weighted by Gasteiger charge is -2.35. The zero-order valence-electron chi connectivity index (χ0n) is 19.5. The molecule has 6 heteroatoms. The molecule has 0 aromatic heterocycles. The van der Waals surface area contributed by atoms with Gasteiger partial charge in [0.25, 0.3) is 5.91 Å². The highest BCUT2D eigenvalue weighted by Crippen LogP contribution is 2.37. The summed E-state index contributed by atoms with van der Waals surface area (Å²) in [5, 5.41) is 3.91. The molecule has 0 atom stereocenters. The summed E-state index contributed by atoms with van der Waals surface area (Å²) in [7, 11) is 7.44. The number of amides is 2. The number of hydrogen-bond donors (Lipinski definition) is 1. The third kappa shape index (κ3) is 5.90. The summed E-state index contributed by atoms with van der Waals surface area (Å²) >= 11 is 5.95. The van der Waals surface area contributed by atoms with E-state index in [1.807, 2.05) is 19.0 Å². The van der Waals surface area contributed by atoms with E-state index in [2.05, 4.69) is 23.5 Å². The number of hydrogen-bond acceptors (Lipinski definition) is 3. The van der Waals surface area contributed by atoms with Crippen LogP contribution in [0.2, 0.25) is 5.02 Å². The summed E-state index contributed by atoms with van der Waals surface area (Å²) in [5.41, 5.74) is 4.37. The number of nitrogens with zero attached hydrogens (tertiary/aromatic N) is 2. The lowest BCUT2D eigenvalue weighted by molar-refractivity contribution is -0.127. The summed E-state index contributed by atoms with van der Waals surface area (Å²) in [6.45, 7) is 0.786. The predicted octanol–water partition coefficient (Wildman–Crippen LogP) is 4.49. The predicted molar refractivity (Wildman–Crippen MR) is 130 cm³/mol. The normalized spacial score (nSPS) is 18.3. The highest BCUT2D eigenvalue weighted by Gasteiger charge is 2.28. The molecular formula is C26H34ClN3O2. The third-order valence-electron chi connectivity index (χ3n) is 6.52. The van der Waals surface area contributed by atoms with E-state index in [-0.39, 0.29) is 17.9 Å². The monoisotopic (exact) mass is 455 g/mol. The van der Waals surface area contributed by atoms with Gasteiger partial charge in [0.05, 0.1) is 6.42 Å². The summed E-state index contributed by atoms with van der Waals surface area (Å²) in [6, 6.07) is 13.8. The number of benzene rings is 2. The Hall–Kier alpha value is -2.37. The van der Waals surface area contributed by atoms with E-state index in [9.17, 15) is 9.59 Å². The first-order chi connectivity index (χ1) is 15.3. The topological polar surface area (TPSA) is 52.7 Å². The van der Waals surface area contributed by atoms with Crippen LogP contribution >= 0.6 is 11.6 Å². The Bertz CT molecular complexity index is 935. The molecule has 0 aliphatic heterocycles. The van der Waals surface area contributed by atoms with Crippen molar-refractivity contribution in [3.8, 4) is 0 Å². The molecule has 1 aliphatic carbocycles. The van der Waals surface area contributed by atoms with Crippen molar-refractivity contribution in [1.29, 1.82) is 0 Å². The highest BCUT2D eigenvalue weighted by molar-refractivity contribution is 6.30. The molecule has 0 bridgehead atoms.